The summed E-state index contributed by atoms with van der Waals surface area (Å²) in [6, 6.07) is 14.3. The van der Waals surface area contributed by atoms with Crippen molar-refractivity contribution in [3.05, 3.63) is 59.9 Å². The molecule has 0 aliphatic rings. The van der Waals surface area contributed by atoms with Gasteiger partial charge in [-0.1, -0.05) is 31.2 Å². The molecule has 26 heavy (non-hydrogen) atoms. The number of nitrogens with one attached hydrogen (secondary N) is 1. The summed E-state index contributed by atoms with van der Waals surface area (Å²) in [5.74, 6) is 0.706. The molecule has 1 heterocycles. The number of carbonyl (C=O) groups excluding carboxylic acids is 1. The van der Waals surface area contributed by atoms with Crippen LogP contribution in [-0.4, -0.2) is 29.6 Å². The van der Waals surface area contributed by atoms with E-state index in [2.05, 4.69) is 10.3 Å². The van der Waals surface area contributed by atoms with Crippen molar-refractivity contribution < 1.29 is 13.2 Å². The molecular weight excluding hydrogens is 350 g/mol. The van der Waals surface area contributed by atoms with Crippen LogP contribution in [0.5, 0.6) is 0 Å². The molecule has 1 N–H and O–H groups in total. The van der Waals surface area contributed by atoms with Gasteiger partial charge in [0.25, 0.3) is 0 Å². The molecular formula is C19H21N3O3S. The number of aryl methyl sites for hydroxylation is 1. The predicted molar refractivity (Wildman–Crippen MR) is 100 cm³/mol. The fourth-order valence-corrected chi connectivity index (χ4v) is 3.64. The molecule has 1 amide bonds. The summed E-state index contributed by atoms with van der Waals surface area (Å²) in [5.41, 5.74) is 2.68. The number of para-hydroxylation sites is 2. The van der Waals surface area contributed by atoms with E-state index in [9.17, 15) is 13.2 Å². The van der Waals surface area contributed by atoms with Gasteiger partial charge in [-0.3, -0.25) is 4.79 Å². The molecule has 0 aliphatic heterocycles. The van der Waals surface area contributed by atoms with Gasteiger partial charge in [0.05, 0.1) is 34.6 Å². The molecule has 0 aliphatic carbocycles. The Balaban J connectivity index is 1.63. The van der Waals surface area contributed by atoms with Gasteiger partial charge in [-0.2, -0.15) is 0 Å². The van der Waals surface area contributed by atoms with Crippen LogP contribution in [-0.2, 0) is 34.6 Å². The van der Waals surface area contributed by atoms with Crippen LogP contribution in [0.3, 0.4) is 0 Å². The molecule has 0 fully saturated rings. The van der Waals surface area contributed by atoms with Gasteiger partial charge in [-0.05, 0) is 29.8 Å². The molecule has 3 rings (SSSR count). The van der Waals surface area contributed by atoms with Gasteiger partial charge < -0.3 is 9.88 Å². The van der Waals surface area contributed by atoms with Crippen LogP contribution < -0.4 is 5.32 Å². The standard InChI is InChI=1S/C19H21N3O3S/c1-3-26(24,25)15-10-8-14(9-11-15)12-19(23)20-13-18-21-16-6-4-5-7-17(16)22(18)2/h4-11H,3,12-13H2,1-2H3,(H,20,23). The zero-order valence-corrected chi connectivity index (χ0v) is 15.6. The second-order valence-electron chi connectivity index (χ2n) is 6.08. The van der Waals surface area contributed by atoms with E-state index in [0.717, 1.165) is 22.4 Å². The van der Waals surface area contributed by atoms with Crippen LogP contribution in [0.15, 0.2) is 53.4 Å². The maximum absolute atomic E-state index is 12.2. The van der Waals surface area contributed by atoms with Gasteiger partial charge in [0.1, 0.15) is 5.82 Å². The third-order valence-electron chi connectivity index (χ3n) is 4.35. The zero-order chi connectivity index (χ0) is 18.7. The normalized spacial score (nSPS) is 11.6. The van der Waals surface area contributed by atoms with Crippen molar-refractivity contribution in [1.82, 2.24) is 14.9 Å². The molecule has 3 aromatic rings. The summed E-state index contributed by atoms with van der Waals surface area (Å²) >= 11 is 0. The Morgan fingerprint density at radius 3 is 2.46 bits per heavy atom. The van der Waals surface area contributed by atoms with Crippen molar-refractivity contribution in [2.24, 2.45) is 7.05 Å². The third kappa shape index (κ3) is 3.77. The van der Waals surface area contributed by atoms with Crippen molar-refractivity contribution in [3.63, 3.8) is 0 Å². The van der Waals surface area contributed by atoms with Crippen molar-refractivity contribution in [2.75, 3.05) is 5.75 Å². The molecule has 6 nitrogen and oxygen atoms in total. The van der Waals surface area contributed by atoms with E-state index in [1.807, 2.05) is 35.9 Å². The van der Waals surface area contributed by atoms with E-state index < -0.39 is 9.84 Å². The maximum Gasteiger partial charge on any atom is 0.224 e. The second kappa shape index (κ2) is 7.29. The molecule has 0 atom stereocenters. The summed E-state index contributed by atoms with van der Waals surface area (Å²) in [4.78, 5) is 17.0. The Hall–Kier alpha value is -2.67. The lowest BCUT2D eigenvalue weighted by Gasteiger charge is -2.07. The van der Waals surface area contributed by atoms with E-state index in [0.29, 0.717) is 6.54 Å². The smallest absolute Gasteiger partial charge is 0.224 e. The highest BCUT2D eigenvalue weighted by Crippen LogP contribution is 2.15. The molecule has 7 heteroatoms. The highest BCUT2D eigenvalue weighted by molar-refractivity contribution is 7.91. The number of imidazole rings is 1. The molecule has 0 radical (unpaired) electrons. The van der Waals surface area contributed by atoms with Crippen molar-refractivity contribution in [1.29, 1.82) is 0 Å². The van der Waals surface area contributed by atoms with E-state index >= 15 is 0 Å². The van der Waals surface area contributed by atoms with Crippen LogP contribution in [0.1, 0.15) is 18.3 Å². The first-order chi connectivity index (χ1) is 12.4. The minimum Gasteiger partial charge on any atom is -0.349 e. The first-order valence-electron chi connectivity index (χ1n) is 8.39. The number of carbonyl (C=O) groups is 1. The lowest BCUT2D eigenvalue weighted by Crippen LogP contribution is -2.26. The highest BCUT2D eigenvalue weighted by atomic mass is 32.2. The van der Waals surface area contributed by atoms with Gasteiger partial charge in [0.15, 0.2) is 9.84 Å². The second-order valence-corrected chi connectivity index (χ2v) is 8.35. The van der Waals surface area contributed by atoms with Crippen molar-refractivity contribution in [3.8, 4) is 0 Å². The number of fused-ring (bicyclic) bond motifs is 1. The number of benzene rings is 2. The Labute approximate surface area is 152 Å². The van der Waals surface area contributed by atoms with Crippen LogP contribution in [0, 0.1) is 0 Å². The Morgan fingerprint density at radius 1 is 1.12 bits per heavy atom. The number of amides is 1. The average Bonchev–Trinajstić information content (AvgIpc) is 2.97. The monoisotopic (exact) mass is 371 g/mol. The Kier molecular flexibility index (Phi) is 5.08. The summed E-state index contributed by atoms with van der Waals surface area (Å²) in [7, 11) is -1.30. The number of nitrogens with zero attached hydrogens (tertiary/aromatic N) is 2. The van der Waals surface area contributed by atoms with Gasteiger partial charge >= 0.3 is 0 Å². The first-order valence-corrected chi connectivity index (χ1v) is 10.0. The molecule has 0 saturated carbocycles. The minimum absolute atomic E-state index is 0.0604. The summed E-state index contributed by atoms with van der Waals surface area (Å²) in [6.07, 6.45) is 0.191. The maximum atomic E-state index is 12.2. The van der Waals surface area contributed by atoms with Gasteiger partial charge in [-0.15, -0.1) is 0 Å². The van der Waals surface area contributed by atoms with E-state index in [1.54, 1.807) is 31.2 Å². The van der Waals surface area contributed by atoms with Crippen molar-refractivity contribution >= 4 is 26.8 Å². The van der Waals surface area contributed by atoms with Crippen LogP contribution in [0.2, 0.25) is 0 Å². The highest BCUT2D eigenvalue weighted by Gasteiger charge is 2.12. The quantitative estimate of drug-likeness (QED) is 0.720. The lowest BCUT2D eigenvalue weighted by molar-refractivity contribution is -0.120. The predicted octanol–water partition coefficient (Wildman–Crippen LogP) is 2.23. The van der Waals surface area contributed by atoms with Gasteiger partial charge in [0.2, 0.25) is 5.91 Å². The van der Waals surface area contributed by atoms with Crippen LogP contribution in [0.4, 0.5) is 0 Å². The summed E-state index contributed by atoms with van der Waals surface area (Å²) in [6.45, 7) is 1.95. The third-order valence-corrected chi connectivity index (χ3v) is 6.10. The molecule has 136 valence electrons. The number of hydrogen-bond acceptors (Lipinski definition) is 4. The van der Waals surface area contributed by atoms with Crippen LogP contribution in [0.25, 0.3) is 11.0 Å². The average molecular weight is 371 g/mol. The molecule has 2 aromatic carbocycles. The molecule has 0 unspecified atom stereocenters. The number of rotatable bonds is 6. The minimum atomic E-state index is -3.22. The summed E-state index contributed by atoms with van der Waals surface area (Å²) < 4.78 is 25.6. The fourth-order valence-electron chi connectivity index (χ4n) is 2.76. The number of aromatic nitrogens is 2. The topological polar surface area (TPSA) is 81.1 Å². The molecule has 0 spiro atoms. The molecule has 0 bridgehead atoms. The van der Waals surface area contributed by atoms with Gasteiger partial charge in [-0.25, -0.2) is 13.4 Å². The summed E-state index contributed by atoms with van der Waals surface area (Å²) in [5, 5.41) is 2.86. The molecule has 0 saturated heterocycles. The number of sulfone groups is 1. The lowest BCUT2D eigenvalue weighted by atomic mass is 10.1. The van der Waals surface area contributed by atoms with E-state index in [1.165, 1.54) is 0 Å². The Morgan fingerprint density at radius 2 is 1.81 bits per heavy atom. The van der Waals surface area contributed by atoms with E-state index in [-0.39, 0.29) is 23.0 Å². The Bertz CT molecular complexity index is 1040. The zero-order valence-electron chi connectivity index (χ0n) is 14.8. The van der Waals surface area contributed by atoms with E-state index in [4.69, 9.17) is 0 Å². The SMILES string of the molecule is CCS(=O)(=O)c1ccc(CC(=O)NCc2nc3ccccc3n2C)cc1. The first kappa shape index (κ1) is 18.1. The fraction of sp³-hybridized carbons (Fsp3) is 0.263. The van der Waals surface area contributed by atoms with Gasteiger partial charge in [0, 0.05) is 7.05 Å². The largest absolute Gasteiger partial charge is 0.349 e. The molecule has 1 aromatic heterocycles. The van der Waals surface area contributed by atoms with Crippen molar-refractivity contribution in [2.45, 2.75) is 24.8 Å². The number of hydrogen-bond donors (Lipinski definition) is 1. The van der Waals surface area contributed by atoms with Crippen LogP contribution >= 0.6 is 0 Å².